The van der Waals surface area contributed by atoms with E-state index in [0.717, 1.165) is 44.6 Å². The topological polar surface area (TPSA) is 101 Å². The molecule has 0 aliphatic rings. The Kier molecular flexibility index (Phi) is 11.2. The molecule has 0 atom stereocenters. The van der Waals surface area contributed by atoms with Crippen LogP contribution >= 0.6 is 0 Å². The molecule has 46 heavy (non-hydrogen) atoms. The average molecular weight is 672 g/mol. The predicted octanol–water partition coefficient (Wildman–Crippen LogP) is 3.75. The van der Waals surface area contributed by atoms with Crippen molar-refractivity contribution < 1.29 is 32.7 Å². The molecule has 0 fully saturated rings. The summed E-state index contributed by atoms with van der Waals surface area (Å²) in [5, 5.41) is 6.60. The van der Waals surface area contributed by atoms with Crippen LogP contribution < -0.4 is 33.0 Å². The smallest absolute Gasteiger partial charge is 0.243 e. The quantitative estimate of drug-likeness (QED) is 0.129. The van der Waals surface area contributed by atoms with E-state index in [2.05, 4.69) is 97.1 Å². The first-order chi connectivity index (χ1) is 22.0. The summed E-state index contributed by atoms with van der Waals surface area (Å²) < 4.78 is 0. The van der Waals surface area contributed by atoms with Gasteiger partial charge in [-0.05, 0) is 73.0 Å². The molecular formula is C35H29B2N8Y-. The molecule has 0 amide bonds. The number of hydrogen-bond acceptors (Lipinski definition) is 8. The molecule has 11 heteroatoms. The van der Waals surface area contributed by atoms with E-state index < -0.39 is 0 Å². The molecule has 3 radical (unpaired) electrons. The summed E-state index contributed by atoms with van der Waals surface area (Å²) in [5.41, 5.74) is 9.49. The molecule has 6 rings (SSSR count). The van der Waals surface area contributed by atoms with Crippen LogP contribution in [0.1, 0.15) is 28.1 Å². The van der Waals surface area contributed by atoms with Gasteiger partial charge in [-0.2, -0.15) is 4.98 Å². The van der Waals surface area contributed by atoms with E-state index in [-0.39, 0.29) is 32.7 Å². The van der Waals surface area contributed by atoms with Gasteiger partial charge in [0.05, 0.1) is 5.72 Å². The molecule has 0 saturated carbocycles. The molecule has 4 aromatic carbocycles. The molecular weight excluding hydrogens is 643 g/mol. The number of hydrogen-bond donors (Lipinski definition) is 2. The SMILES string of the molecule is Cc1nc([B]c2ccccc2)nc(Nc2ccc(/C=C/c3ccc(Nc4n[c-]nc([B]c5ccccc5)n4)cc3C)c(C)c2)n1.[Y]. The van der Waals surface area contributed by atoms with Crippen molar-refractivity contribution in [2.45, 2.75) is 20.8 Å². The maximum Gasteiger partial charge on any atom is 0.243 e. The van der Waals surface area contributed by atoms with Gasteiger partial charge in [0.15, 0.2) is 7.28 Å². The molecule has 6 aromatic rings. The first kappa shape index (κ1) is 32.9. The Morgan fingerprint density at radius 3 is 1.65 bits per heavy atom. The van der Waals surface area contributed by atoms with Crippen LogP contribution in [-0.4, -0.2) is 44.5 Å². The van der Waals surface area contributed by atoms with E-state index in [1.165, 1.54) is 0 Å². The zero-order chi connectivity index (χ0) is 31.0. The minimum absolute atomic E-state index is 0. The molecule has 0 aliphatic carbocycles. The fraction of sp³-hybridized carbons (Fsp3) is 0.0857. The first-order valence-electron chi connectivity index (χ1n) is 14.5. The minimum atomic E-state index is 0. The third-order valence-electron chi connectivity index (χ3n) is 6.99. The second-order valence-electron chi connectivity index (χ2n) is 10.5. The summed E-state index contributed by atoms with van der Waals surface area (Å²) >= 11 is 0. The van der Waals surface area contributed by atoms with Crippen LogP contribution in [0.3, 0.4) is 0 Å². The number of benzene rings is 4. The number of aromatic nitrogens is 6. The first-order valence-corrected chi connectivity index (χ1v) is 14.5. The fourth-order valence-electron chi connectivity index (χ4n) is 4.74. The zero-order valence-electron chi connectivity index (χ0n) is 25.8. The Hall–Kier alpha value is -4.53. The Bertz CT molecular complexity index is 1960. The number of aryl methyl sites for hydroxylation is 3. The van der Waals surface area contributed by atoms with E-state index in [1.807, 2.05) is 94.3 Å². The summed E-state index contributed by atoms with van der Waals surface area (Å²) in [7, 11) is 3.83. The van der Waals surface area contributed by atoms with Crippen LogP contribution in [0.2, 0.25) is 0 Å². The average Bonchev–Trinajstić information content (AvgIpc) is 3.02. The summed E-state index contributed by atoms with van der Waals surface area (Å²) in [6.45, 7) is 6.04. The van der Waals surface area contributed by atoms with Gasteiger partial charge in [0, 0.05) is 50.4 Å². The number of nitrogens with one attached hydrogen (secondary N) is 2. The molecule has 2 heterocycles. The molecule has 8 nitrogen and oxygen atoms in total. The van der Waals surface area contributed by atoms with Gasteiger partial charge in [-0.1, -0.05) is 95.9 Å². The third kappa shape index (κ3) is 9.02. The standard InChI is InChI=1S/C35H29B2N8.Y/c1-23-20-30(42-34-39-22-38-32(44-34)36-28-10-6-4-7-11-28)18-16-26(23)14-15-27-17-19-31(21-24(27)2)43-35-41-25(3)40-33(45-35)37-29-12-8-5-9-13-29;/h4-21H,1-3H3,(H,38,39,42,44)(H,40,41,43,45);/q-1;/b15-14+;. The van der Waals surface area contributed by atoms with E-state index in [4.69, 9.17) is 0 Å². The summed E-state index contributed by atoms with van der Waals surface area (Å²) in [6.07, 6.45) is 6.94. The van der Waals surface area contributed by atoms with Crippen LogP contribution in [0.4, 0.5) is 23.3 Å². The monoisotopic (exact) mass is 672 g/mol. The second kappa shape index (κ2) is 15.7. The van der Waals surface area contributed by atoms with E-state index in [1.54, 1.807) is 0 Å². The van der Waals surface area contributed by atoms with Crippen molar-refractivity contribution in [2.24, 2.45) is 0 Å². The van der Waals surface area contributed by atoms with Gasteiger partial charge in [-0.3, -0.25) is 0 Å². The van der Waals surface area contributed by atoms with Crippen LogP contribution in [0.25, 0.3) is 12.2 Å². The van der Waals surface area contributed by atoms with Crippen molar-refractivity contribution >= 4 is 72.4 Å². The van der Waals surface area contributed by atoms with Crippen LogP contribution in [0.5, 0.6) is 0 Å². The van der Waals surface area contributed by atoms with Gasteiger partial charge in [-0.15, -0.1) is 0 Å². The minimum Gasteiger partial charge on any atom is -0.378 e. The Morgan fingerprint density at radius 1 is 0.565 bits per heavy atom. The van der Waals surface area contributed by atoms with Crippen molar-refractivity contribution in [2.75, 3.05) is 10.6 Å². The number of anilines is 4. The Balaban J connectivity index is 0.00000417. The fourth-order valence-corrected chi connectivity index (χ4v) is 4.74. The predicted molar refractivity (Wildman–Crippen MR) is 184 cm³/mol. The van der Waals surface area contributed by atoms with Gasteiger partial charge in [0.25, 0.3) is 0 Å². The number of rotatable bonds is 10. The molecule has 0 spiro atoms. The molecule has 219 valence electrons. The van der Waals surface area contributed by atoms with Crippen molar-refractivity contribution in [3.63, 3.8) is 0 Å². The molecule has 0 bridgehead atoms. The Labute approximate surface area is 296 Å². The molecule has 0 unspecified atom stereocenters. The van der Waals surface area contributed by atoms with Gasteiger partial charge >= 0.3 is 0 Å². The summed E-state index contributed by atoms with van der Waals surface area (Å²) in [6, 6.07) is 32.3. The maximum atomic E-state index is 4.59. The zero-order valence-corrected chi connectivity index (χ0v) is 28.6. The normalized spacial score (nSPS) is 10.7. The van der Waals surface area contributed by atoms with Crippen LogP contribution in [0.15, 0.2) is 97.1 Å². The molecule has 0 saturated heterocycles. The van der Waals surface area contributed by atoms with Gasteiger partial charge in [0.1, 0.15) is 11.8 Å². The van der Waals surface area contributed by atoms with Crippen molar-refractivity contribution in [3.05, 3.63) is 131 Å². The van der Waals surface area contributed by atoms with Crippen molar-refractivity contribution in [3.8, 4) is 0 Å². The van der Waals surface area contributed by atoms with Gasteiger partial charge in [-0.25, -0.2) is 9.97 Å². The molecule has 0 aliphatic heterocycles. The maximum absolute atomic E-state index is 4.59. The van der Waals surface area contributed by atoms with Crippen molar-refractivity contribution in [1.29, 1.82) is 0 Å². The second-order valence-corrected chi connectivity index (χ2v) is 10.5. The van der Waals surface area contributed by atoms with E-state index in [9.17, 15) is 0 Å². The summed E-state index contributed by atoms with van der Waals surface area (Å²) in [4.78, 5) is 26.4. The largest absolute Gasteiger partial charge is 0.378 e. The third-order valence-corrected chi connectivity index (χ3v) is 6.99. The van der Waals surface area contributed by atoms with Crippen LogP contribution in [0, 0.1) is 27.1 Å². The van der Waals surface area contributed by atoms with Crippen molar-refractivity contribution in [1.82, 2.24) is 29.9 Å². The Morgan fingerprint density at radius 2 is 1.09 bits per heavy atom. The van der Waals surface area contributed by atoms with Crippen LogP contribution in [-0.2, 0) is 32.7 Å². The molecule has 2 aromatic heterocycles. The van der Waals surface area contributed by atoms with E-state index in [0.29, 0.717) is 29.2 Å². The summed E-state index contributed by atoms with van der Waals surface area (Å²) in [5.74, 6) is 1.61. The van der Waals surface area contributed by atoms with E-state index >= 15 is 0 Å². The molecule has 2 N–H and O–H groups in total. The number of nitrogens with zero attached hydrogens (tertiary/aromatic N) is 6. The van der Waals surface area contributed by atoms with Gasteiger partial charge < -0.3 is 25.6 Å². The van der Waals surface area contributed by atoms with Gasteiger partial charge in [0.2, 0.25) is 13.2 Å².